The van der Waals surface area contributed by atoms with Crippen LogP contribution in [0.5, 0.6) is 0 Å². The van der Waals surface area contributed by atoms with Gasteiger partial charge in [-0.05, 0) is 48.6 Å². The molecule has 0 spiro atoms. The van der Waals surface area contributed by atoms with E-state index < -0.39 is 10.9 Å². The van der Waals surface area contributed by atoms with Gasteiger partial charge in [0.05, 0.1) is 22.1 Å². The number of hydrogen-bond acceptors (Lipinski definition) is 6. The summed E-state index contributed by atoms with van der Waals surface area (Å²) in [5, 5.41) is 20.4. The molecule has 1 atom stereocenters. The maximum absolute atomic E-state index is 12.3. The van der Waals surface area contributed by atoms with Crippen molar-refractivity contribution in [2.75, 3.05) is 18.0 Å². The van der Waals surface area contributed by atoms with E-state index in [1.165, 1.54) is 6.07 Å². The molecule has 1 aliphatic heterocycles. The SMILES string of the molecule is C[C@@H]1CCCN(c2ccc(C(=O)OCc3ccc(C#N)cc3)cc2[N+](=O)[O-])C1. The van der Waals surface area contributed by atoms with Crippen LogP contribution in [0.4, 0.5) is 11.4 Å². The molecule has 7 heteroatoms. The largest absolute Gasteiger partial charge is 0.457 e. The van der Waals surface area contributed by atoms with E-state index in [0.29, 0.717) is 17.2 Å². The van der Waals surface area contributed by atoms with Gasteiger partial charge in [-0.25, -0.2) is 4.79 Å². The summed E-state index contributed by atoms with van der Waals surface area (Å²) < 4.78 is 5.27. The highest BCUT2D eigenvalue weighted by Gasteiger charge is 2.25. The fourth-order valence-electron chi connectivity index (χ4n) is 3.38. The Morgan fingerprint density at radius 1 is 1.32 bits per heavy atom. The number of nitro benzene ring substituents is 1. The van der Waals surface area contributed by atoms with E-state index in [2.05, 4.69) is 6.92 Å². The molecule has 1 heterocycles. The van der Waals surface area contributed by atoms with E-state index >= 15 is 0 Å². The van der Waals surface area contributed by atoms with Crippen molar-refractivity contribution in [3.05, 3.63) is 69.3 Å². The summed E-state index contributed by atoms with van der Waals surface area (Å²) in [6.45, 7) is 3.70. The summed E-state index contributed by atoms with van der Waals surface area (Å²) in [4.78, 5) is 25.5. The third-order valence-electron chi connectivity index (χ3n) is 4.86. The highest BCUT2D eigenvalue weighted by molar-refractivity contribution is 5.91. The predicted octanol–water partition coefficient (Wildman–Crippen LogP) is 4.06. The van der Waals surface area contributed by atoms with E-state index in [-0.39, 0.29) is 17.9 Å². The highest BCUT2D eigenvalue weighted by atomic mass is 16.6. The molecule has 7 nitrogen and oxygen atoms in total. The van der Waals surface area contributed by atoms with Crippen LogP contribution >= 0.6 is 0 Å². The number of carbonyl (C=O) groups is 1. The zero-order valence-corrected chi connectivity index (χ0v) is 15.6. The van der Waals surface area contributed by atoms with Crippen molar-refractivity contribution < 1.29 is 14.5 Å². The van der Waals surface area contributed by atoms with Crippen molar-refractivity contribution >= 4 is 17.3 Å². The first-order valence-electron chi connectivity index (χ1n) is 9.17. The molecule has 0 bridgehead atoms. The molecule has 0 aromatic heterocycles. The number of carbonyl (C=O) groups excluding carboxylic acids is 1. The Hall–Kier alpha value is -3.40. The number of piperidine rings is 1. The fourth-order valence-corrected chi connectivity index (χ4v) is 3.38. The minimum atomic E-state index is -0.619. The second-order valence-electron chi connectivity index (χ2n) is 7.04. The zero-order valence-electron chi connectivity index (χ0n) is 15.6. The van der Waals surface area contributed by atoms with Crippen LogP contribution in [0.1, 0.15) is 41.3 Å². The van der Waals surface area contributed by atoms with Gasteiger partial charge in [0.2, 0.25) is 0 Å². The molecular weight excluding hydrogens is 358 g/mol. The summed E-state index contributed by atoms with van der Waals surface area (Å²) in [5.41, 5.74) is 1.87. The van der Waals surface area contributed by atoms with Crippen LogP contribution in [0, 0.1) is 27.4 Å². The van der Waals surface area contributed by atoms with Gasteiger partial charge < -0.3 is 9.64 Å². The zero-order chi connectivity index (χ0) is 20.1. The number of anilines is 1. The first-order valence-corrected chi connectivity index (χ1v) is 9.17. The number of nitro groups is 1. The first-order chi connectivity index (χ1) is 13.5. The fraction of sp³-hybridized carbons (Fsp3) is 0.333. The Balaban J connectivity index is 1.74. The highest BCUT2D eigenvalue weighted by Crippen LogP contribution is 2.32. The lowest BCUT2D eigenvalue weighted by molar-refractivity contribution is -0.384. The molecule has 0 N–H and O–H groups in total. The van der Waals surface area contributed by atoms with Gasteiger partial charge in [0.25, 0.3) is 5.69 Å². The topological polar surface area (TPSA) is 96.5 Å². The standard InChI is InChI=1S/C21H21N3O4/c1-15-3-2-10-23(13-15)19-9-8-18(11-20(19)24(26)27)21(25)28-14-17-6-4-16(12-22)5-7-17/h4-9,11,15H,2-3,10,13-14H2,1H3/t15-/m1/s1. The van der Waals surface area contributed by atoms with Gasteiger partial charge in [0, 0.05) is 19.2 Å². The molecule has 1 saturated heterocycles. The molecule has 3 rings (SSSR count). The van der Waals surface area contributed by atoms with Crippen molar-refractivity contribution in [1.29, 1.82) is 5.26 Å². The van der Waals surface area contributed by atoms with Crippen molar-refractivity contribution in [2.24, 2.45) is 5.92 Å². The van der Waals surface area contributed by atoms with Crippen LogP contribution < -0.4 is 4.90 Å². The summed E-state index contributed by atoms with van der Waals surface area (Å²) in [7, 11) is 0. The lowest BCUT2D eigenvalue weighted by Gasteiger charge is -2.32. The van der Waals surface area contributed by atoms with Gasteiger partial charge in [-0.1, -0.05) is 19.1 Å². The van der Waals surface area contributed by atoms with Crippen molar-refractivity contribution in [2.45, 2.75) is 26.4 Å². The second kappa shape index (κ2) is 8.53. The molecule has 0 aliphatic carbocycles. The van der Waals surface area contributed by atoms with Gasteiger partial charge in [-0.2, -0.15) is 5.26 Å². The van der Waals surface area contributed by atoms with E-state index in [1.807, 2.05) is 11.0 Å². The van der Waals surface area contributed by atoms with E-state index in [0.717, 1.165) is 31.5 Å². The Morgan fingerprint density at radius 3 is 2.71 bits per heavy atom. The molecule has 0 radical (unpaired) electrons. The molecule has 1 aliphatic rings. The van der Waals surface area contributed by atoms with Crippen LogP contribution in [0.3, 0.4) is 0 Å². The van der Waals surface area contributed by atoms with Crippen LogP contribution in [-0.2, 0) is 11.3 Å². The molecule has 144 valence electrons. The smallest absolute Gasteiger partial charge is 0.338 e. The Labute approximate surface area is 163 Å². The van der Waals surface area contributed by atoms with Crippen LogP contribution in [-0.4, -0.2) is 24.0 Å². The molecule has 0 saturated carbocycles. The van der Waals surface area contributed by atoms with Crippen molar-refractivity contribution in [1.82, 2.24) is 0 Å². The van der Waals surface area contributed by atoms with Crippen LogP contribution in [0.25, 0.3) is 0 Å². The summed E-state index contributed by atoms with van der Waals surface area (Å²) in [5.74, 6) is -0.142. The molecule has 2 aromatic carbocycles. The quantitative estimate of drug-likeness (QED) is 0.441. The number of nitriles is 1. The number of ether oxygens (including phenoxy) is 1. The summed E-state index contributed by atoms with van der Waals surface area (Å²) >= 11 is 0. The number of hydrogen-bond donors (Lipinski definition) is 0. The minimum Gasteiger partial charge on any atom is -0.457 e. The third-order valence-corrected chi connectivity index (χ3v) is 4.86. The van der Waals surface area contributed by atoms with Gasteiger partial charge in [-0.15, -0.1) is 0 Å². The minimum absolute atomic E-state index is 0.0315. The number of benzene rings is 2. The molecular formula is C21H21N3O4. The number of esters is 1. The number of nitrogens with zero attached hydrogens (tertiary/aromatic N) is 3. The molecule has 1 fully saturated rings. The van der Waals surface area contributed by atoms with Crippen LogP contribution in [0.15, 0.2) is 42.5 Å². The van der Waals surface area contributed by atoms with Gasteiger partial charge in [0.15, 0.2) is 0 Å². The lowest BCUT2D eigenvalue weighted by Crippen LogP contribution is -2.34. The Kier molecular flexibility index (Phi) is 5.90. The Morgan fingerprint density at radius 2 is 2.07 bits per heavy atom. The second-order valence-corrected chi connectivity index (χ2v) is 7.04. The van der Waals surface area contributed by atoms with Crippen molar-refractivity contribution in [3.63, 3.8) is 0 Å². The Bertz CT molecular complexity index is 918. The first kappa shape index (κ1) is 19.4. The molecule has 2 aromatic rings. The normalized spacial score (nSPS) is 16.3. The van der Waals surface area contributed by atoms with E-state index in [4.69, 9.17) is 10.00 Å². The maximum atomic E-state index is 12.3. The molecule has 28 heavy (non-hydrogen) atoms. The monoisotopic (exact) mass is 379 g/mol. The predicted molar refractivity (Wildman–Crippen MR) is 104 cm³/mol. The molecule has 0 amide bonds. The van der Waals surface area contributed by atoms with Crippen LogP contribution in [0.2, 0.25) is 0 Å². The average Bonchev–Trinajstić information content (AvgIpc) is 2.72. The van der Waals surface area contributed by atoms with Crippen molar-refractivity contribution in [3.8, 4) is 6.07 Å². The van der Waals surface area contributed by atoms with Gasteiger partial charge in [-0.3, -0.25) is 10.1 Å². The van der Waals surface area contributed by atoms with E-state index in [9.17, 15) is 14.9 Å². The third kappa shape index (κ3) is 4.46. The summed E-state index contributed by atoms with van der Waals surface area (Å²) in [6, 6.07) is 13.2. The maximum Gasteiger partial charge on any atom is 0.338 e. The van der Waals surface area contributed by atoms with Gasteiger partial charge in [0.1, 0.15) is 12.3 Å². The molecule has 0 unspecified atom stereocenters. The van der Waals surface area contributed by atoms with Gasteiger partial charge >= 0.3 is 5.97 Å². The lowest BCUT2D eigenvalue weighted by atomic mass is 9.99. The average molecular weight is 379 g/mol. The summed E-state index contributed by atoms with van der Waals surface area (Å²) in [6.07, 6.45) is 2.11. The van der Waals surface area contributed by atoms with E-state index in [1.54, 1.807) is 36.4 Å². The number of rotatable bonds is 5.